The maximum Gasteiger partial charge on any atom is 0.225 e. The van der Waals surface area contributed by atoms with Crippen LogP contribution in [-0.2, 0) is 19.3 Å². The average Bonchev–Trinajstić information content (AvgIpc) is 3.42. The Morgan fingerprint density at radius 1 is 1.10 bits per heavy atom. The third-order valence-electron chi connectivity index (χ3n) is 7.76. The largest absolute Gasteiger partial charge is 0.360 e. The number of piperidine rings is 1. The molecule has 0 spiro atoms. The minimum atomic E-state index is 0.567. The minimum absolute atomic E-state index is 0.567. The number of aromatic amines is 1. The number of anilines is 2. The second kappa shape index (κ2) is 12.3. The molecular formula is C33H39ClN6. The van der Waals surface area contributed by atoms with Gasteiger partial charge in [0.1, 0.15) is 0 Å². The molecule has 0 amide bonds. The van der Waals surface area contributed by atoms with Gasteiger partial charge in [-0.2, -0.15) is 5.10 Å². The van der Waals surface area contributed by atoms with Gasteiger partial charge in [-0.25, -0.2) is 9.97 Å². The van der Waals surface area contributed by atoms with Crippen molar-refractivity contribution in [3.05, 3.63) is 94.6 Å². The van der Waals surface area contributed by atoms with E-state index < -0.39 is 0 Å². The molecule has 7 heteroatoms. The van der Waals surface area contributed by atoms with Crippen molar-refractivity contribution in [3.8, 4) is 0 Å². The van der Waals surface area contributed by atoms with Gasteiger partial charge in [-0.1, -0.05) is 70.1 Å². The van der Waals surface area contributed by atoms with Crippen molar-refractivity contribution in [3.63, 3.8) is 0 Å². The van der Waals surface area contributed by atoms with E-state index in [-0.39, 0.29) is 0 Å². The number of nitrogens with zero attached hydrogens (tertiary/aromatic N) is 4. The predicted octanol–water partition coefficient (Wildman–Crippen LogP) is 7.80. The third-order valence-corrected chi connectivity index (χ3v) is 8.10. The Bertz CT molecular complexity index is 1450. The molecule has 1 saturated heterocycles. The second-order valence-corrected chi connectivity index (χ2v) is 11.4. The fourth-order valence-corrected chi connectivity index (χ4v) is 5.85. The molecule has 2 aromatic heterocycles. The Balaban J connectivity index is 1.54. The highest BCUT2D eigenvalue weighted by atomic mass is 35.5. The average molecular weight is 555 g/mol. The van der Waals surface area contributed by atoms with E-state index in [0.717, 1.165) is 82.6 Å². The molecule has 0 bridgehead atoms. The Morgan fingerprint density at radius 3 is 2.50 bits per heavy atom. The molecular weight excluding hydrogens is 516 g/mol. The van der Waals surface area contributed by atoms with Gasteiger partial charge in [-0.05, 0) is 71.1 Å². The molecule has 2 aliphatic rings. The summed E-state index contributed by atoms with van der Waals surface area (Å²) in [6.07, 6.45) is 12.2. The van der Waals surface area contributed by atoms with E-state index in [1.165, 1.54) is 16.7 Å². The quantitative estimate of drug-likeness (QED) is 0.292. The second-order valence-electron chi connectivity index (χ2n) is 10.9. The first-order valence-corrected chi connectivity index (χ1v) is 14.7. The van der Waals surface area contributed by atoms with E-state index >= 15 is 0 Å². The van der Waals surface area contributed by atoms with E-state index in [9.17, 15) is 0 Å². The standard InChI is InChI=1S/C33H39ClN6/c1-6-24-9-8-10-25(7-2)31(24)39-38-30-14-16-40(33-36-18-23(19-37-33)17-21(3)4)20-28(30)26-11-12-29(34)32-27(22(26)5)13-15-35-32/h8-10,12-13,15,18-19,21,35,39H,5-7,11,14,16-17,20H2,1-4H3/b28-26+,38-30-. The normalized spacial score (nSPS) is 18.6. The summed E-state index contributed by atoms with van der Waals surface area (Å²) in [4.78, 5) is 15.0. The molecule has 5 rings (SSSR count). The fourth-order valence-electron chi connectivity index (χ4n) is 5.62. The van der Waals surface area contributed by atoms with Gasteiger partial charge in [-0.3, -0.25) is 5.43 Å². The number of aromatic nitrogens is 3. The zero-order valence-electron chi connectivity index (χ0n) is 24.0. The van der Waals surface area contributed by atoms with Crippen LogP contribution in [0, 0.1) is 5.92 Å². The van der Waals surface area contributed by atoms with E-state index in [4.69, 9.17) is 26.7 Å². The fraction of sp³-hybridized carbons (Fsp3) is 0.364. The SMILES string of the molecule is C=C1/C(=C2\CN(c3ncc(CC(C)C)cn3)CC\C2=N\Nc2c(CC)cccc2CC)CC=C(Cl)c2[nH]ccc21. The maximum absolute atomic E-state index is 6.68. The maximum atomic E-state index is 6.68. The molecule has 1 aliphatic carbocycles. The van der Waals surface area contributed by atoms with Gasteiger partial charge in [0, 0.05) is 43.7 Å². The van der Waals surface area contributed by atoms with Gasteiger partial charge in [-0.15, -0.1) is 0 Å². The van der Waals surface area contributed by atoms with Gasteiger partial charge in [0.15, 0.2) is 0 Å². The predicted molar refractivity (Wildman–Crippen MR) is 169 cm³/mol. The number of H-pyrrole nitrogens is 1. The van der Waals surface area contributed by atoms with Crippen molar-refractivity contribution in [1.29, 1.82) is 0 Å². The number of aryl methyl sites for hydroxylation is 2. The summed E-state index contributed by atoms with van der Waals surface area (Å²) in [5, 5.41) is 5.79. The molecule has 40 heavy (non-hydrogen) atoms. The molecule has 0 unspecified atom stereocenters. The van der Waals surface area contributed by atoms with Crippen LogP contribution in [0.4, 0.5) is 11.6 Å². The Labute approximate surface area is 243 Å². The molecule has 1 aromatic carbocycles. The lowest BCUT2D eigenvalue weighted by Crippen LogP contribution is -2.38. The van der Waals surface area contributed by atoms with Crippen LogP contribution in [0.15, 0.2) is 71.8 Å². The summed E-state index contributed by atoms with van der Waals surface area (Å²) < 4.78 is 0. The lowest BCUT2D eigenvalue weighted by atomic mass is 9.89. The summed E-state index contributed by atoms with van der Waals surface area (Å²) in [6.45, 7) is 14.8. The van der Waals surface area contributed by atoms with Gasteiger partial charge < -0.3 is 9.88 Å². The molecule has 3 heterocycles. The topological polar surface area (TPSA) is 69.2 Å². The first kappa shape index (κ1) is 27.9. The number of halogens is 1. The van der Waals surface area contributed by atoms with Crippen molar-refractivity contribution in [2.75, 3.05) is 23.4 Å². The molecule has 1 aliphatic heterocycles. The van der Waals surface area contributed by atoms with E-state index in [0.29, 0.717) is 18.9 Å². The lowest BCUT2D eigenvalue weighted by molar-refractivity contribution is 0.642. The third kappa shape index (κ3) is 5.78. The van der Waals surface area contributed by atoms with Crippen LogP contribution in [0.3, 0.4) is 0 Å². The number of hydrogen-bond acceptors (Lipinski definition) is 5. The molecule has 1 fully saturated rings. The summed E-state index contributed by atoms with van der Waals surface area (Å²) in [5.74, 6) is 1.31. The van der Waals surface area contributed by atoms with Crippen molar-refractivity contribution in [2.45, 2.75) is 59.8 Å². The highest BCUT2D eigenvalue weighted by Gasteiger charge is 2.28. The number of para-hydroxylation sites is 1. The van der Waals surface area contributed by atoms with E-state index in [1.807, 2.05) is 18.6 Å². The smallest absolute Gasteiger partial charge is 0.225 e. The van der Waals surface area contributed by atoms with Crippen LogP contribution in [0.5, 0.6) is 0 Å². The van der Waals surface area contributed by atoms with Gasteiger partial charge in [0.25, 0.3) is 0 Å². The lowest BCUT2D eigenvalue weighted by Gasteiger charge is -2.32. The zero-order valence-corrected chi connectivity index (χ0v) is 24.8. The van der Waals surface area contributed by atoms with Crippen LogP contribution in [0.25, 0.3) is 10.6 Å². The number of hydrogen-bond donors (Lipinski definition) is 2. The molecule has 208 valence electrons. The van der Waals surface area contributed by atoms with E-state index in [2.05, 4.69) is 79.9 Å². The summed E-state index contributed by atoms with van der Waals surface area (Å²) in [7, 11) is 0. The number of hydrazone groups is 1. The van der Waals surface area contributed by atoms with Crippen molar-refractivity contribution in [2.24, 2.45) is 11.0 Å². The first-order valence-electron chi connectivity index (χ1n) is 14.3. The Kier molecular flexibility index (Phi) is 8.55. The van der Waals surface area contributed by atoms with Gasteiger partial charge in [0.2, 0.25) is 5.95 Å². The van der Waals surface area contributed by atoms with Crippen LogP contribution in [-0.4, -0.2) is 33.8 Å². The van der Waals surface area contributed by atoms with Crippen LogP contribution in [0.2, 0.25) is 0 Å². The van der Waals surface area contributed by atoms with Crippen molar-refractivity contribution in [1.82, 2.24) is 15.0 Å². The molecule has 0 saturated carbocycles. The van der Waals surface area contributed by atoms with E-state index in [1.54, 1.807) is 0 Å². The zero-order chi connectivity index (χ0) is 28.2. The Hall–Kier alpha value is -3.64. The molecule has 6 nitrogen and oxygen atoms in total. The minimum Gasteiger partial charge on any atom is -0.360 e. The first-order chi connectivity index (χ1) is 19.4. The highest BCUT2D eigenvalue weighted by Crippen LogP contribution is 2.39. The van der Waals surface area contributed by atoms with Crippen molar-refractivity contribution >= 4 is 39.6 Å². The highest BCUT2D eigenvalue weighted by molar-refractivity contribution is 6.49. The Morgan fingerprint density at radius 2 is 1.82 bits per heavy atom. The van der Waals surface area contributed by atoms with Gasteiger partial charge in [0.05, 0.1) is 22.1 Å². The summed E-state index contributed by atoms with van der Waals surface area (Å²) in [6, 6.07) is 8.54. The van der Waals surface area contributed by atoms with Crippen LogP contribution in [0.1, 0.15) is 68.5 Å². The van der Waals surface area contributed by atoms with Crippen LogP contribution < -0.4 is 10.3 Å². The number of benzene rings is 1. The molecule has 3 aromatic rings. The molecule has 2 N–H and O–H groups in total. The number of nitrogens with one attached hydrogen (secondary N) is 2. The van der Waals surface area contributed by atoms with Crippen LogP contribution >= 0.6 is 11.6 Å². The summed E-state index contributed by atoms with van der Waals surface area (Å²) >= 11 is 6.68. The number of allylic oxidation sites excluding steroid dienone is 3. The van der Waals surface area contributed by atoms with Crippen molar-refractivity contribution < 1.29 is 0 Å². The number of rotatable bonds is 7. The molecule has 0 atom stereocenters. The summed E-state index contributed by atoms with van der Waals surface area (Å²) in [5.41, 5.74) is 14.6. The molecule has 0 radical (unpaired) electrons. The monoisotopic (exact) mass is 554 g/mol. The van der Waals surface area contributed by atoms with Gasteiger partial charge >= 0.3 is 0 Å². The number of fused-ring (bicyclic) bond motifs is 1.